The molecule has 11 nitrogen and oxygen atoms in total. The van der Waals surface area contributed by atoms with Crippen molar-refractivity contribution in [1.29, 1.82) is 0 Å². The number of carbonyl (C=O) groups excluding carboxylic acids is 6. The highest BCUT2D eigenvalue weighted by molar-refractivity contribution is 8.04. The summed E-state index contributed by atoms with van der Waals surface area (Å²) in [5, 5.41) is 0.487. The average Bonchev–Trinajstić information content (AvgIpc) is 3.02. The van der Waals surface area contributed by atoms with Gasteiger partial charge in [0.15, 0.2) is 0 Å². The summed E-state index contributed by atoms with van der Waals surface area (Å²) in [5.74, 6) is -5.31. The van der Waals surface area contributed by atoms with Gasteiger partial charge in [0.2, 0.25) is 11.8 Å². The number of thioether (sulfide) groups is 2. The Balaban J connectivity index is 2.90. The van der Waals surface area contributed by atoms with E-state index in [0.29, 0.717) is 0 Å². The largest absolute Gasteiger partial charge is 0.469 e. The molecule has 4 atom stereocenters. The van der Waals surface area contributed by atoms with Crippen molar-refractivity contribution in [3.63, 3.8) is 0 Å². The van der Waals surface area contributed by atoms with Crippen LogP contribution in [0, 0.1) is 11.8 Å². The second kappa shape index (κ2) is 14.0. The molecule has 0 aromatic carbocycles. The van der Waals surface area contributed by atoms with Crippen molar-refractivity contribution in [3.8, 4) is 0 Å². The highest BCUT2D eigenvalue weighted by Gasteiger charge is 2.44. The molecule has 0 aromatic rings. The third-order valence-corrected chi connectivity index (χ3v) is 7.78. The van der Waals surface area contributed by atoms with Crippen LogP contribution in [0.2, 0.25) is 0 Å². The molecule has 1 heterocycles. The molecule has 0 aliphatic carbocycles. The number of hydrogen-bond donors (Lipinski definition) is 1. The van der Waals surface area contributed by atoms with Crippen molar-refractivity contribution < 1.29 is 47.7 Å². The fourth-order valence-electron chi connectivity index (χ4n) is 3.23. The number of hydrogen-bond acceptors (Lipinski definition) is 12. The molecule has 37 heavy (non-hydrogen) atoms. The quantitative estimate of drug-likeness (QED) is 0.210. The minimum absolute atomic E-state index is 0.0205. The second-order valence-corrected chi connectivity index (χ2v) is 12.7. The zero-order chi connectivity index (χ0) is 28.6. The van der Waals surface area contributed by atoms with Crippen molar-refractivity contribution in [2.24, 2.45) is 11.8 Å². The van der Waals surface area contributed by atoms with Gasteiger partial charge in [-0.15, -0.1) is 23.5 Å². The van der Waals surface area contributed by atoms with E-state index in [1.54, 1.807) is 41.5 Å². The fraction of sp³-hybridized carbons (Fsp3) is 0.750. The Labute approximate surface area is 225 Å². The number of ether oxygens (including phenoxy) is 4. The van der Waals surface area contributed by atoms with Gasteiger partial charge < -0.3 is 18.9 Å². The van der Waals surface area contributed by atoms with E-state index < -0.39 is 69.2 Å². The molecular formula is C24H37NO10S2. The fourth-order valence-corrected chi connectivity index (χ4v) is 6.10. The Kier molecular flexibility index (Phi) is 12.4. The topological polar surface area (TPSA) is 151 Å². The summed E-state index contributed by atoms with van der Waals surface area (Å²) in [6.45, 7) is 10.2. The summed E-state index contributed by atoms with van der Waals surface area (Å²) in [6.07, 6.45) is -0.505. The normalized spacial score (nSPS) is 19.5. The molecule has 1 aliphatic rings. The summed E-state index contributed by atoms with van der Waals surface area (Å²) in [4.78, 5) is 74.0. The summed E-state index contributed by atoms with van der Waals surface area (Å²) >= 11 is 2.07. The van der Waals surface area contributed by atoms with Gasteiger partial charge in [-0.05, 0) is 41.5 Å². The predicted octanol–water partition coefficient (Wildman–Crippen LogP) is 1.89. The number of imide groups is 1. The zero-order valence-electron chi connectivity index (χ0n) is 22.5. The van der Waals surface area contributed by atoms with Gasteiger partial charge in [0, 0.05) is 11.5 Å². The molecule has 13 heteroatoms. The molecule has 1 rings (SSSR count). The Bertz CT molecular complexity index is 808. The lowest BCUT2D eigenvalue weighted by Crippen LogP contribution is -2.32. The van der Waals surface area contributed by atoms with Crippen LogP contribution in [0.15, 0.2) is 0 Å². The Hall–Kier alpha value is -2.28. The second-order valence-electron chi connectivity index (χ2n) is 10.4. The first-order chi connectivity index (χ1) is 17.0. The van der Waals surface area contributed by atoms with E-state index in [1.807, 2.05) is 0 Å². The van der Waals surface area contributed by atoms with Crippen molar-refractivity contribution >= 4 is 59.2 Å². The summed E-state index contributed by atoms with van der Waals surface area (Å²) in [7, 11) is 2.38. The van der Waals surface area contributed by atoms with Gasteiger partial charge in [-0.1, -0.05) is 0 Å². The summed E-state index contributed by atoms with van der Waals surface area (Å²) in [5.41, 5.74) is -1.47. The molecule has 0 radical (unpaired) electrons. The molecule has 0 saturated carbocycles. The minimum atomic E-state index is -0.894. The maximum Gasteiger partial charge on any atom is 0.310 e. The number of amides is 2. The standard InChI is InChI=1S/C24H37NO10S2/c1-23(2,3)34-15(26)9-13(21(30)32-7)11-36-17-18(20(29)25-19(17)28)37-12-14(22(31)33-8)10-16(27)35-24(4,5)6/h13-14,17-18H,9-12H2,1-8H3,(H,25,28,29)/t13-,14-,17-,18+/m0/s1. The molecule has 0 bridgehead atoms. The lowest BCUT2D eigenvalue weighted by molar-refractivity contribution is -0.160. The van der Waals surface area contributed by atoms with Gasteiger partial charge in [0.1, 0.15) is 21.7 Å². The van der Waals surface area contributed by atoms with Crippen molar-refractivity contribution in [3.05, 3.63) is 0 Å². The molecule has 0 unspecified atom stereocenters. The first kappa shape index (κ1) is 32.7. The Morgan fingerprint density at radius 1 is 0.730 bits per heavy atom. The first-order valence-electron chi connectivity index (χ1n) is 11.6. The van der Waals surface area contributed by atoms with Crippen LogP contribution in [0.4, 0.5) is 0 Å². The van der Waals surface area contributed by atoms with Gasteiger partial charge in [-0.2, -0.15) is 0 Å². The number of carbonyl (C=O) groups is 6. The monoisotopic (exact) mass is 563 g/mol. The summed E-state index contributed by atoms with van der Waals surface area (Å²) in [6, 6.07) is 0. The van der Waals surface area contributed by atoms with Gasteiger partial charge in [-0.25, -0.2) is 0 Å². The van der Waals surface area contributed by atoms with Crippen molar-refractivity contribution in [1.82, 2.24) is 5.32 Å². The molecule has 1 fully saturated rings. The van der Waals surface area contributed by atoms with Crippen molar-refractivity contribution in [2.45, 2.75) is 76.1 Å². The molecule has 0 spiro atoms. The number of rotatable bonds is 12. The third-order valence-electron chi connectivity index (χ3n) is 4.73. The van der Waals surface area contributed by atoms with E-state index in [1.165, 1.54) is 14.2 Å². The Morgan fingerprint density at radius 3 is 1.32 bits per heavy atom. The molecule has 210 valence electrons. The van der Waals surface area contributed by atoms with Crippen LogP contribution < -0.4 is 5.32 Å². The zero-order valence-corrected chi connectivity index (χ0v) is 24.2. The highest BCUT2D eigenvalue weighted by Crippen LogP contribution is 2.33. The Morgan fingerprint density at radius 2 is 1.05 bits per heavy atom. The highest BCUT2D eigenvalue weighted by atomic mass is 32.2. The van der Waals surface area contributed by atoms with E-state index in [9.17, 15) is 28.8 Å². The van der Waals surface area contributed by atoms with Gasteiger partial charge in [0.05, 0.1) is 38.9 Å². The summed E-state index contributed by atoms with van der Waals surface area (Å²) < 4.78 is 20.1. The number of methoxy groups -OCH3 is 2. The molecule has 2 amide bonds. The lowest BCUT2D eigenvalue weighted by Gasteiger charge is -2.23. The van der Waals surface area contributed by atoms with Gasteiger partial charge >= 0.3 is 23.9 Å². The predicted molar refractivity (Wildman–Crippen MR) is 138 cm³/mol. The maximum absolute atomic E-state index is 12.5. The molecule has 1 aliphatic heterocycles. The van der Waals surface area contributed by atoms with E-state index in [4.69, 9.17) is 18.9 Å². The molecule has 1 saturated heterocycles. The van der Waals surface area contributed by atoms with E-state index in [2.05, 4.69) is 5.32 Å². The van der Waals surface area contributed by atoms with Crippen LogP contribution in [0.25, 0.3) is 0 Å². The van der Waals surface area contributed by atoms with E-state index in [-0.39, 0.29) is 24.3 Å². The van der Waals surface area contributed by atoms with Crippen molar-refractivity contribution in [2.75, 3.05) is 25.7 Å². The van der Waals surface area contributed by atoms with Crippen LogP contribution >= 0.6 is 23.5 Å². The number of esters is 4. The lowest BCUT2D eigenvalue weighted by atomic mass is 10.1. The third kappa shape index (κ3) is 11.8. The van der Waals surface area contributed by atoms with Crippen LogP contribution in [-0.2, 0) is 47.7 Å². The minimum Gasteiger partial charge on any atom is -0.469 e. The molecule has 1 N–H and O–H groups in total. The maximum atomic E-state index is 12.5. The molecule has 0 aromatic heterocycles. The van der Waals surface area contributed by atoms with Gasteiger partial charge in [-0.3, -0.25) is 34.1 Å². The van der Waals surface area contributed by atoms with Crippen LogP contribution in [0.5, 0.6) is 0 Å². The SMILES string of the molecule is COC(=O)[C@H](CS[C@@H]1C(=O)NC(=O)[C@@H]1SC[C@H](CC(=O)OC(C)(C)C)C(=O)OC)CC(=O)OC(C)(C)C. The van der Waals surface area contributed by atoms with E-state index >= 15 is 0 Å². The van der Waals surface area contributed by atoms with Gasteiger partial charge in [0.25, 0.3) is 0 Å². The van der Waals surface area contributed by atoms with Crippen LogP contribution in [0.1, 0.15) is 54.4 Å². The smallest absolute Gasteiger partial charge is 0.310 e. The number of nitrogens with one attached hydrogen (secondary N) is 1. The average molecular weight is 564 g/mol. The van der Waals surface area contributed by atoms with Crippen LogP contribution in [-0.4, -0.2) is 83.1 Å². The molecular weight excluding hydrogens is 526 g/mol. The van der Waals surface area contributed by atoms with Crippen LogP contribution in [0.3, 0.4) is 0 Å². The van der Waals surface area contributed by atoms with E-state index in [0.717, 1.165) is 23.5 Å². The first-order valence-corrected chi connectivity index (χ1v) is 13.7.